The van der Waals surface area contributed by atoms with Crippen LogP contribution in [0.5, 0.6) is 0 Å². The van der Waals surface area contributed by atoms with Gasteiger partial charge in [-0.25, -0.2) is 9.78 Å². The Hall–Kier alpha value is -1.76. The summed E-state index contributed by atoms with van der Waals surface area (Å²) in [6.45, 7) is 1.81. The number of aromatic amines is 1. The van der Waals surface area contributed by atoms with Crippen LogP contribution in [0.25, 0.3) is 0 Å². The van der Waals surface area contributed by atoms with Gasteiger partial charge in [-0.05, 0) is 13.0 Å². The Kier molecular flexibility index (Phi) is 2.95. The molecule has 84 valence electrons. The van der Waals surface area contributed by atoms with Crippen LogP contribution in [0.1, 0.15) is 21.9 Å². The van der Waals surface area contributed by atoms with E-state index >= 15 is 0 Å². The normalized spacial score (nSPS) is 10.6. The van der Waals surface area contributed by atoms with E-state index < -0.39 is 5.97 Å². The van der Waals surface area contributed by atoms with E-state index in [9.17, 15) is 4.79 Å². The van der Waals surface area contributed by atoms with Gasteiger partial charge >= 0.3 is 5.97 Å². The topological polar surface area (TPSA) is 92.0 Å². The molecule has 16 heavy (non-hydrogen) atoms. The monoisotopic (exact) mass is 239 g/mol. The van der Waals surface area contributed by atoms with Gasteiger partial charge in [0.15, 0.2) is 0 Å². The van der Waals surface area contributed by atoms with E-state index in [1.807, 2.05) is 6.92 Å². The van der Waals surface area contributed by atoms with Crippen molar-refractivity contribution in [3.8, 4) is 0 Å². The molecule has 7 heteroatoms. The van der Waals surface area contributed by atoms with Crippen molar-refractivity contribution < 1.29 is 14.3 Å². The summed E-state index contributed by atoms with van der Waals surface area (Å²) in [7, 11) is 0. The molecular weight excluding hydrogens is 230 g/mol. The summed E-state index contributed by atoms with van der Waals surface area (Å²) in [5, 5.41) is 16.0. The van der Waals surface area contributed by atoms with Crippen molar-refractivity contribution in [2.75, 3.05) is 0 Å². The Morgan fingerprint density at radius 2 is 2.50 bits per heavy atom. The summed E-state index contributed by atoms with van der Waals surface area (Å²) in [4.78, 5) is 14.7. The second kappa shape index (κ2) is 4.40. The molecule has 2 rings (SSSR count). The Bertz CT molecular complexity index is 506. The zero-order valence-corrected chi connectivity index (χ0v) is 9.24. The molecule has 0 atom stereocenters. The van der Waals surface area contributed by atoms with E-state index in [-0.39, 0.29) is 5.56 Å². The Morgan fingerprint density at radius 3 is 3.06 bits per heavy atom. The number of aromatic carboxylic acids is 1. The number of rotatable bonds is 4. The van der Waals surface area contributed by atoms with Crippen molar-refractivity contribution in [1.29, 1.82) is 0 Å². The summed E-state index contributed by atoms with van der Waals surface area (Å²) < 4.78 is 5.09. The highest BCUT2D eigenvalue weighted by Crippen LogP contribution is 2.20. The second-order valence-electron chi connectivity index (χ2n) is 3.10. The SMILES string of the molecule is Cc1nc(SCc2cc(C(=O)O)co2)n[nH]1. The average molecular weight is 239 g/mol. The molecule has 0 aliphatic carbocycles. The quantitative estimate of drug-likeness (QED) is 0.789. The molecular formula is C9H9N3O3S. The van der Waals surface area contributed by atoms with E-state index in [4.69, 9.17) is 9.52 Å². The fraction of sp³-hybridized carbons (Fsp3) is 0.222. The Morgan fingerprint density at radius 1 is 1.69 bits per heavy atom. The van der Waals surface area contributed by atoms with Gasteiger partial charge in [-0.15, -0.1) is 5.10 Å². The van der Waals surface area contributed by atoms with Gasteiger partial charge in [0.05, 0.1) is 11.3 Å². The molecule has 0 amide bonds. The number of hydrogen-bond donors (Lipinski definition) is 2. The molecule has 0 fully saturated rings. The fourth-order valence-corrected chi connectivity index (χ4v) is 1.83. The van der Waals surface area contributed by atoms with Gasteiger partial charge in [0, 0.05) is 0 Å². The number of hydrogen-bond acceptors (Lipinski definition) is 5. The molecule has 0 spiro atoms. The zero-order valence-electron chi connectivity index (χ0n) is 8.43. The van der Waals surface area contributed by atoms with Crippen LogP contribution in [-0.4, -0.2) is 26.3 Å². The summed E-state index contributed by atoms with van der Waals surface area (Å²) in [6, 6.07) is 1.49. The van der Waals surface area contributed by atoms with Crippen molar-refractivity contribution in [1.82, 2.24) is 15.2 Å². The molecule has 2 heterocycles. The first-order chi connectivity index (χ1) is 7.65. The molecule has 0 saturated heterocycles. The third-order valence-electron chi connectivity index (χ3n) is 1.82. The first kappa shape index (κ1) is 10.7. The maximum absolute atomic E-state index is 10.6. The van der Waals surface area contributed by atoms with E-state index in [2.05, 4.69) is 15.2 Å². The third-order valence-corrected chi connectivity index (χ3v) is 2.69. The van der Waals surface area contributed by atoms with Crippen molar-refractivity contribution in [3.05, 3.63) is 29.5 Å². The number of carbonyl (C=O) groups is 1. The predicted molar refractivity (Wildman–Crippen MR) is 56.3 cm³/mol. The number of aromatic nitrogens is 3. The van der Waals surface area contributed by atoms with Crippen LogP contribution in [0, 0.1) is 6.92 Å². The molecule has 2 aromatic rings. The maximum atomic E-state index is 10.6. The lowest BCUT2D eigenvalue weighted by molar-refractivity contribution is 0.0696. The van der Waals surface area contributed by atoms with Crippen LogP contribution in [0.15, 0.2) is 21.9 Å². The summed E-state index contributed by atoms with van der Waals surface area (Å²) in [6.07, 6.45) is 1.22. The van der Waals surface area contributed by atoms with Crippen LogP contribution >= 0.6 is 11.8 Å². The standard InChI is InChI=1S/C9H9N3O3S/c1-5-10-9(12-11-5)16-4-7-2-6(3-15-7)8(13)14/h2-3H,4H2,1H3,(H,13,14)(H,10,11,12). The number of carboxylic acid groups (broad SMARTS) is 1. The summed E-state index contributed by atoms with van der Waals surface area (Å²) in [5.74, 6) is 0.844. The lowest BCUT2D eigenvalue weighted by Gasteiger charge is -1.91. The lowest BCUT2D eigenvalue weighted by Crippen LogP contribution is -1.91. The predicted octanol–water partition coefficient (Wildman–Crippen LogP) is 1.70. The van der Waals surface area contributed by atoms with Crippen LogP contribution < -0.4 is 0 Å². The number of thioether (sulfide) groups is 1. The Labute approximate surface area is 95.1 Å². The average Bonchev–Trinajstić information content (AvgIpc) is 2.83. The first-order valence-corrected chi connectivity index (χ1v) is 5.46. The molecule has 2 N–H and O–H groups in total. The van der Waals surface area contributed by atoms with E-state index in [0.717, 1.165) is 5.82 Å². The molecule has 0 radical (unpaired) electrons. The molecule has 0 aromatic carbocycles. The summed E-state index contributed by atoms with van der Waals surface area (Å²) >= 11 is 1.38. The molecule has 0 aliphatic rings. The highest BCUT2D eigenvalue weighted by atomic mass is 32.2. The molecule has 0 unspecified atom stereocenters. The Balaban J connectivity index is 1.97. The van der Waals surface area contributed by atoms with E-state index in [1.165, 1.54) is 24.1 Å². The molecule has 0 saturated carbocycles. The van der Waals surface area contributed by atoms with Gasteiger partial charge in [-0.1, -0.05) is 11.8 Å². The maximum Gasteiger partial charge on any atom is 0.338 e. The van der Waals surface area contributed by atoms with Crippen LogP contribution in [0.2, 0.25) is 0 Å². The highest BCUT2D eigenvalue weighted by Gasteiger charge is 2.09. The smallest absolute Gasteiger partial charge is 0.338 e. The van der Waals surface area contributed by atoms with Crippen LogP contribution in [0.4, 0.5) is 0 Å². The second-order valence-corrected chi connectivity index (χ2v) is 4.04. The van der Waals surface area contributed by atoms with Crippen molar-refractivity contribution in [2.45, 2.75) is 17.8 Å². The van der Waals surface area contributed by atoms with Crippen molar-refractivity contribution >= 4 is 17.7 Å². The van der Waals surface area contributed by atoms with Gasteiger partial charge < -0.3 is 9.52 Å². The number of nitrogens with one attached hydrogen (secondary N) is 1. The van der Waals surface area contributed by atoms with Gasteiger partial charge in [-0.2, -0.15) is 0 Å². The highest BCUT2D eigenvalue weighted by molar-refractivity contribution is 7.98. The minimum atomic E-state index is -0.992. The number of carboxylic acids is 1. The lowest BCUT2D eigenvalue weighted by atomic mass is 10.3. The number of nitrogens with zero attached hydrogens (tertiary/aromatic N) is 2. The van der Waals surface area contributed by atoms with Crippen LogP contribution in [-0.2, 0) is 5.75 Å². The third kappa shape index (κ3) is 2.43. The number of furan rings is 1. The minimum absolute atomic E-state index is 0.154. The minimum Gasteiger partial charge on any atom is -0.478 e. The first-order valence-electron chi connectivity index (χ1n) is 4.47. The molecule has 0 bridgehead atoms. The molecule has 6 nitrogen and oxygen atoms in total. The van der Waals surface area contributed by atoms with Gasteiger partial charge in [0.2, 0.25) is 5.16 Å². The molecule has 2 aromatic heterocycles. The van der Waals surface area contributed by atoms with E-state index in [1.54, 1.807) is 0 Å². The zero-order chi connectivity index (χ0) is 11.5. The number of H-pyrrole nitrogens is 1. The van der Waals surface area contributed by atoms with Crippen molar-refractivity contribution in [3.63, 3.8) is 0 Å². The van der Waals surface area contributed by atoms with Crippen LogP contribution in [0.3, 0.4) is 0 Å². The molecule has 0 aliphatic heterocycles. The number of aryl methyl sites for hydroxylation is 1. The largest absolute Gasteiger partial charge is 0.478 e. The van der Waals surface area contributed by atoms with Gasteiger partial charge in [-0.3, -0.25) is 5.10 Å². The summed E-state index contributed by atoms with van der Waals surface area (Å²) in [5.41, 5.74) is 0.154. The van der Waals surface area contributed by atoms with Gasteiger partial charge in [0.25, 0.3) is 0 Å². The van der Waals surface area contributed by atoms with E-state index in [0.29, 0.717) is 16.7 Å². The fourth-order valence-electron chi connectivity index (χ4n) is 1.09. The van der Waals surface area contributed by atoms with Crippen molar-refractivity contribution in [2.24, 2.45) is 0 Å². The van der Waals surface area contributed by atoms with Gasteiger partial charge in [0.1, 0.15) is 17.8 Å².